The van der Waals surface area contributed by atoms with Crippen molar-refractivity contribution in [3.8, 4) is 22.6 Å². The van der Waals surface area contributed by atoms with Gasteiger partial charge >= 0.3 is 11.8 Å². The number of nitrogens with one attached hydrogen (secondary N) is 1. The van der Waals surface area contributed by atoms with Crippen molar-refractivity contribution in [3.63, 3.8) is 0 Å². The number of hydrogen-bond donors (Lipinski definition) is 1. The molecule has 1 aliphatic rings. The zero-order valence-electron chi connectivity index (χ0n) is 19.7. The van der Waals surface area contributed by atoms with Crippen molar-refractivity contribution in [2.75, 3.05) is 26.7 Å². The molecule has 8 heteroatoms. The van der Waals surface area contributed by atoms with Crippen molar-refractivity contribution < 1.29 is 19.2 Å². The number of hydrogen-bond acceptors (Lipinski definition) is 6. The minimum Gasteiger partial charge on any atom is -0.497 e. The predicted molar refractivity (Wildman–Crippen MR) is 134 cm³/mol. The second kappa shape index (κ2) is 11.5. The quantitative estimate of drug-likeness (QED) is 0.338. The van der Waals surface area contributed by atoms with E-state index >= 15 is 0 Å². The van der Waals surface area contributed by atoms with Crippen LogP contribution in [-0.2, 0) is 13.0 Å². The SMILES string of the molecule is COc1ccc(-c2ccc(OC(=O)NCCc3ccc(CN4CCCC4)cc3)c([N+](=O)[O-])c2)cc1. The Morgan fingerprint density at radius 2 is 1.63 bits per heavy atom. The maximum absolute atomic E-state index is 12.3. The van der Waals surface area contributed by atoms with Crippen LogP contribution in [0.5, 0.6) is 11.5 Å². The zero-order chi connectivity index (χ0) is 24.6. The molecule has 3 aromatic rings. The van der Waals surface area contributed by atoms with Crippen LogP contribution in [-0.4, -0.2) is 42.7 Å². The lowest BCUT2D eigenvalue weighted by Gasteiger charge is -2.14. The lowest BCUT2D eigenvalue weighted by molar-refractivity contribution is -0.385. The van der Waals surface area contributed by atoms with Gasteiger partial charge in [-0.2, -0.15) is 0 Å². The second-order valence-electron chi connectivity index (χ2n) is 8.53. The number of amides is 1. The molecule has 1 aliphatic heterocycles. The second-order valence-corrected chi connectivity index (χ2v) is 8.53. The Morgan fingerprint density at radius 1 is 0.971 bits per heavy atom. The molecule has 8 nitrogen and oxygen atoms in total. The van der Waals surface area contributed by atoms with E-state index in [4.69, 9.17) is 9.47 Å². The summed E-state index contributed by atoms with van der Waals surface area (Å²) in [7, 11) is 1.57. The molecule has 0 saturated carbocycles. The average molecular weight is 476 g/mol. The number of likely N-dealkylation sites (tertiary alicyclic amines) is 1. The third kappa shape index (κ3) is 6.58. The summed E-state index contributed by atoms with van der Waals surface area (Å²) in [4.78, 5) is 25.8. The van der Waals surface area contributed by atoms with Gasteiger partial charge in [0.1, 0.15) is 5.75 Å². The summed E-state index contributed by atoms with van der Waals surface area (Å²) in [6, 6.07) is 20.1. The zero-order valence-corrected chi connectivity index (χ0v) is 19.7. The van der Waals surface area contributed by atoms with Crippen molar-refractivity contribution in [1.82, 2.24) is 10.2 Å². The fraction of sp³-hybridized carbons (Fsp3) is 0.296. The van der Waals surface area contributed by atoms with Gasteiger partial charge in [0.2, 0.25) is 5.75 Å². The summed E-state index contributed by atoms with van der Waals surface area (Å²) in [6.45, 7) is 3.66. The monoisotopic (exact) mass is 475 g/mol. The van der Waals surface area contributed by atoms with Crippen molar-refractivity contribution in [2.45, 2.75) is 25.8 Å². The smallest absolute Gasteiger partial charge is 0.412 e. The Hall–Kier alpha value is -3.91. The molecule has 0 unspecified atom stereocenters. The molecule has 0 atom stereocenters. The average Bonchev–Trinajstić information content (AvgIpc) is 3.38. The molecule has 35 heavy (non-hydrogen) atoms. The lowest BCUT2D eigenvalue weighted by atomic mass is 10.0. The molecule has 4 rings (SSSR count). The molecule has 0 aliphatic carbocycles. The third-order valence-electron chi connectivity index (χ3n) is 6.09. The first kappa shape index (κ1) is 24.2. The van der Waals surface area contributed by atoms with Crippen LogP contribution in [0.15, 0.2) is 66.7 Å². The minimum atomic E-state index is -0.726. The van der Waals surface area contributed by atoms with Crippen molar-refractivity contribution in [2.24, 2.45) is 0 Å². The van der Waals surface area contributed by atoms with Gasteiger partial charge in [-0.1, -0.05) is 42.5 Å². The van der Waals surface area contributed by atoms with Gasteiger partial charge in [-0.15, -0.1) is 0 Å². The van der Waals surface area contributed by atoms with Gasteiger partial charge in [0.05, 0.1) is 12.0 Å². The van der Waals surface area contributed by atoms with Crippen LogP contribution in [0, 0.1) is 10.1 Å². The number of methoxy groups -OCH3 is 1. The number of carbonyl (C=O) groups is 1. The van der Waals surface area contributed by atoms with E-state index in [0.29, 0.717) is 24.3 Å². The van der Waals surface area contributed by atoms with Crippen LogP contribution in [0.4, 0.5) is 10.5 Å². The molecule has 1 amide bonds. The minimum absolute atomic E-state index is 0.101. The summed E-state index contributed by atoms with van der Waals surface area (Å²) in [5, 5.41) is 14.3. The Kier molecular flexibility index (Phi) is 7.95. The molecule has 0 spiro atoms. The molecule has 3 aromatic carbocycles. The highest BCUT2D eigenvalue weighted by Crippen LogP contribution is 2.33. The van der Waals surface area contributed by atoms with Crippen LogP contribution in [0.2, 0.25) is 0 Å². The van der Waals surface area contributed by atoms with Gasteiger partial charge in [0, 0.05) is 19.2 Å². The topological polar surface area (TPSA) is 93.9 Å². The Morgan fingerprint density at radius 3 is 2.29 bits per heavy atom. The predicted octanol–water partition coefficient (Wildman–Crippen LogP) is 5.20. The van der Waals surface area contributed by atoms with E-state index in [9.17, 15) is 14.9 Å². The van der Waals surface area contributed by atoms with E-state index < -0.39 is 11.0 Å². The number of nitro benzene ring substituents is 1. The van der Waals surface area contributed by atoms with E-state index in [2.05, 4.69) is 34.5 Å². The van der Waals surface area contributed by atoms with Gasteiger partial charge < -0.3 is 14.8 Å². The first-order valence-electron chi connectivity index (χ1n) is 11.7. The van der Waals surface area contributed by atoms with Crippen molar-refractivity contribution in [1.29, 1.82) is 0 Å². The number of benzene rings is 3. The van der Waals surface area contributed by atoms with Crippen molar-refractivity contribution in [3.05, 3.63) is 88.0 Å². The number of nitro groups is 1. The van der Waals surface area contributed by atoms with Gasteiger partial charge in [0.25, 0.3) is 0 Å². The number of nitrogens with zero attached hydrogens (tertiary/aromatic N) is 2. The summed E-state index contributed by atoms with van der Waals surface area (Å²) in [5.74, 6) is 0.592. The first-order valence-corrected chi connectivity index (χ1v) is 11.7. The van der Waals surface area contributed by atoms with Crippen molar-refractivity contribution >= 4 is 11.8 Å². The van der Waals surface area contributed by atoms with Gasteiger partial charge in [-0.3, -0.25) is 15.0 Å². The van der Waals surface area contributed by atoms with E-state index in [1.807, 2.05) is 12.1 Å². The summed E-state index contributed by atoms with van der Waals surface area (Å²) in [6.07, 6.45) is 2.46. The highest BCUT2D eigenvalue weighted by atomic mass is 16.6. The van der Waals surface area contributed by atoms with E-state index in [1.165, 1.54) is 30.5 Å². The first-order chi connectivity index (χ1) is 17.0. The van der Waals surface area contributed by atoms with Crippen LogP contribution < -0.4 is 14.8 Å². The Bertz CT molecular complexity index is 1160. The normalized spacial score (nSPS) is 13.4. The number of rotatable bonds is 9. The molecule has 1 heterocycles. The fourth-order valence-electron chi connectivity index (χ4n) is 4.16. The van der Waals surface area contributed by atoms with Crippen LogP contribution in [0.3, 0.4) is 0 Å². The standard InChI is InChI=1S/C27H29N3O5/c1-34-24-11-8-22(9-12-24)23-10-13-26(25(18-23)30(32)33)35-27(31)28-15-14-20-4-6-21(7-5-20)19-29-16-2-3-17-29/h4-13,18H,2-3,14-17,19H2,1H3,(H,28,31). The van der Waals surface area contributed by atoms with E-state index in [-0.39, 0.29) is 11.4 Å². The van der Waals surface area contributed by atoms with Gasteiger partial charge in [0.15, 0.2) is 0 Å². The molecular formula is C27H29N3O5. The molecule has 1 N–H and O–H groups in total. The summed E-state index contributed by atoms with van der Waals surface area (Å²) < 4.78 is 10.4. The summed E-state index contributed by atoms with van der Waals surface area (Å²) in [5.41, 5.74) is 3.54. The highest BCUT2D eigenvalue weighted by Gasteiger charge is 2.19. The van der Waals surface area contributed by atoms with Crippen LogP contribution in [0.25, 0.3) is 11.1 Å². The molecule has 182 valence electrons. The largest absolute Gasteiger partial charge is 0.497 e. The highest BCUT2D eigenvalue weighted by molar-refractivity contribution is 5.75. The molecule has 0 bridgehead atoms. The van der Waals surface area contributed by atoms with E-state index in [1.54, 1.807) is 25.3 Å². The van der Waals surface area contributed by atoms with Crippen LogP contribution >= 0.6 is 0 Å². The fourth-order valence-corrected chi connectivity index (χ4v) is 4.16. The maximum atomic E-state index is 12.3. The summed E-state index contributed by atoms with van der Waals surface area (Å²) >= 11 is 0. The van der Waals surface area contributed by atoms with Crippen LogP contribution in [0.1, 0.15) is 24.0 Å². The number of ether oxygens (including phenoxy) is 2. The van der Waals surface area contributed by atoms with Gasteiger partial charge in [-0.25, -0.2) is 4.79 Å². The third-order valence-corrected chi connectivity index (χ3v) is 6.09. The Balaban J connectivity index is 1.31. The Labute approximate surface area is 204 Å². The van der Waals surface area contributed by atoms with Gasteiger partial charge in [-0.05, 0) is 72.8 Å². The lowest BCUT2D eigenvalue weighted by Crippen LogP contribution is -2.29. The molecule has 1 saturated heterocycles. The molecule has 1 fully saturated rings. The number of carbonyl (C=O) groups excluding carboxylic acids is 1. The molecule has 0 radical (unpaired) electrons. The maximum Gasteiger partial charge on any atom is 0.412 e. The molecular weight excluding hydrogens is 446 g/mol. The molecule has 0 aromatic heterocycles. The van der Waals surface area contributed by atoms with E-state index in [0.717, 1.165) is 30.8 Å².